The van der Waals surface area contributed by atoms with E-state index >= 15 is 0 Å². The third-order valence-electron chi connectivity index (χ3n) is 1.30. The van der Waals surface area contributed by atoms with E-state index in [1.165, 1.54) is 20.2 Å². The van der Waals surface area contributed by atoms with Gasteiger partial charge in [-0.15, -0.1) is 0 Å². The maximum atomic E-state index is 10.7. The number of rotatable bonds is 3. The molecule has 1 aromatic heterocycles. The van der Waals surface area contributed by atoms with Gasteiger partial charge in [0, 0.05) is 6.20 Å². The second kappa shape index (κ2) is 3.80. The summed E-state index contributed by atoms with van der Waals surface area (Å²) in [5.41, 5.74) is 0.641. The number of hydrogen-bond acceptors (Lipinski definition) is 4. The van der Waals surface area contributed by atoms with E-state index in [2.05, 4.69) is 9.97 Å². The van der Waals surface area contributed by atoms with Crippen molar-refractivity contribution in [3.05, 3.63) is 18.1 Å². The number of Topliss-reactive ketones (excluding diaryl/α,β-unsaturated/α-hetero) is 1. The van der Waals surface area contributed by atoms with Crippen molar-refractivity contribution in [1.29, 1.82) is 0 Å². The van der Waals surface area contributed by atoms with Crippen molar-refractivity contribution in [2.24, 2.45) is 0 Å². The Balaban J connectivity index is 2.79. The second-order valence-electron chi connectivity index (χ2n) is 2.43. The molecule has 0 bridgehead atoms. The van der Waals surface area contributed by atoms with E-state index in [0.717, 1.165) is 0 Å². The van der Waals surface area contributed by atoms with Crippen LogP contribution in [0.15, 0.2) is 12.4 Å². The van der Waals surface area contributed by atoms with Crippen LogP contribution in [0.4, 0.5) is 0 Å². The van der Waals surface area contributed by atoms with Crippen LogP contribution in [0.25, 0.3) is 0 Å². The first-order valence-electron chi connectivity index (χ1n) is 3.56. The highest BCUT2D eigenvalue weighted by atomic mass is 16.5. The second-order valence-corrected chi connectivity index (χ2v) is 2.43. The first kappa shape index (κ1) is 8.64. The van der Waals surface area contributed by atoms with Crippen molar-refractivity contribution in [3.63, 3.8) is 0 Å². The average Bonchev–Trinajstić information content (AvgIpc) is 2.03. The molecular formula is C8H10N2O2. The molecule has 0 spiro atoms. The molecule has 0 radical (unpaired) electrons. The standard InChI is InChI=1S/C8H10N2O2/c1-6(11)3-7-4-9-5-8(10-7)12-2/h4-5H,3H2,1-2H3. The van der Waals surface area contributed by atoms with Crippen molar-refractivity contribution in [1.82, 2.24) is 9.97 Å². The maximum Gasteiger partial charge on any atom is 0.232 e. The molecule has 0 aliphatic heterocycles. The molecule has 0 aliphatic rings. The molecule has 12 heavy (non-hydrogen) atoms. The van der Waals surface area contributed by atoms with Crippen LogP contribution in [0.5, 0.6) is 5.88 Å². The Morgan fingerprint density at radius 1 is 1.58 bits per heavy atom. The fourth-order valence-electron chi connectivity index (χ4n) is 0.825. The van der Waals surface area contributed by atoms with Gasteiger partial charge in [-0.05, 0) is 6.92 Å². The van der Waals surface area contributed by atoms with Crippen LogP contribution < -0.4 is 4.74 Å². The summed E-state index contributed by atoms with van der Waals surface area (Å²) in [5, 5.41) is 0. The molecule has 1 rings (SSSR count). The lowest BCUT2D eigenvalue weighted by Crippen LogP contribution is -2.01. The van der Waals surface area contributed by atoms with E-state index in [1.807, 2.05) is 0 Å². The largest absolute Gasteiger partial charge is 0.480 e. The smallest absolute Gasteiger partial charge is 0.232 e. The molecule has 1 aromatic rings. The monoisotopic (exact) mass is 166 g/mol. The van der Waals surface area contributed by atoms with Crippen LogP contribution in [-0.2, 0) is 11.2 Å². The molecule has 1 heterocycles. The van der Waals surface area contributed by atoms with Gasteiger partial charge in [0.05, 0.1) is 25.4 Å². The fourth-order valence-corrected chi connectivity index (χ4v) is 0.825. The lowest BCUT2D eigenvalue weighted by Gasteiger charge is -1.99. The lowest BCUT2D eigenvalue weighted by molar-refractivity contribution is -0.116. The van der Waals surface area contributed by atoms with Crippen LogP contribution in [0.1, 0.15) is 12.6 Å². The summed E-state index contributed by atoms with van der Waals surface area (Å²) in [5.74, 6) is 0.506. The Bertz CT molecular complexity index is 286. The van der Waals surface area contributed by atoms with Crippen LogP contribution >= 0.6 is 0 Å². The summed E-state index contributed by atoms with van der Waals surface area (Å²) in [4.78, 5) is 18.6. The first-order valence-corrected chi connectivity index (χ1v) is 3.56. The van der Waals surface area contributed by atoms with Gasteiger partial charge in [-0.3, -0.25) is 9.78 Å². The molecule has 0 unspecified atom stereocenters. The zero-order chi connectivity index (χ0) is 8.97. The Hall–Kier alpha value is -1.45. The molecule has 4 nitrogen and oxygen atoms in total. The van der Waals surface area contributed by atoms with Crippen molar-refractivity contribution in [2.75, 3.05) is 7.11 Å². The SMILES string of the molecule is COc1cncc(CC(C)=O)n1. The van der Waals surface area contributed by atoms with Crippen LogP contribution in [-0.4, -0.2) is 22.9 Å². The summed E-state index contributed by atoms with van der Waals surface area (Å²) in [7, 11) is 1.52. The third-order valence-corrected chi connectivity index (χ3v) is 1.30. The van der Waals surface area contributed by atoms with Crippen LogP contribution in [0.2, 0.25) is 0 Å². The zero-order valence-electron chi connectivity index (χ0n) is 7.07. The van der Waals surface area contributed by atoms with Crippen LogP contribution in [0.3, 0.4) is 0 Å². The normalized spacial score (nSPS) is 9.50. The van der Waals surface area contributed by atoms with Crippen molar-refractivity contribution in [3.8, 4) is 5.88 Å². The highest BCUT2D eigenvalue weighted by molar-refractivity contribution is 5.77. The minimum Gasteiger partial charge on any atom is -0.480 e. The fraction of sp³-hybridized carbons (Fsp3) is 0.375. The number of aromatic nitrogens is 2. The average molecular weight is 166 g/mol. The van der Waals surface area contributed by atoms with Crippen LogP contribution in [0, 0.1) is 0 Å². The minimum absolute atomic E-state index is 0.0672. The van der Waals surface area contributed by atoms with Gasteiger partial charge in [-0.2, -0.15) is 0 Å². The predicted octanol–water partition coefficient (Wildman–Crippen LogP) is 0.617. The maximum absolute atomic E-state index is 10.7. The van der Waals surface area contributed by atoms with Gasteiger partial charge in [0.2, 0.25) is 5.88 Å². The number of carbonyl (C=O) groups excluding carboxylic acids is 1. The summed E-state index contributed by atoms with van der Waals surface area (Å²) < 4.78 is 4.85. The summed E-state index contributed by atoms with van der Waals surface area (Å²) in [6, 6.07) is 0. The molecule has 0 fully saturated rings. The van der Waals surface area contributed by atoms with Gasteiger partial charge < -0.3 is 4.74 Å². The predicted molar refractivity (Wildman–Crippen MR) is 43.0 cm³/mol. The Kier molecular flexibility index (Phi) is 2.74. The summed E-state index contributed by atoms with van der Waals surface area (Å²) in [6.07, 6.45) is 3.37. The molecule has 0 amide bonds. The van der Waals surface area contributed by atoms with E-state index in [0.29, 0.717) is 18.0 Å². The van der Waals surface area contributed by atoms with Crippen molar-refractivity contribution in [2.45, 2.75) is 13.3 Å². The lowest BCUT2D eigenvalue weighted by atomic mass is 10.2. The molecule has 0 saturated heterocycles. The van der Waals surface area contributed by atoms with Crippen molar-refractivity contribution < 1.29 is 9.53 Å². The van der Waals surface area contributed by atoms with E-state index in [9.17, 15) is 4.79 Å². The molecular weight excluding hydrogens is 156 g/mol. The highest BCUT2D eigenvalue weighted by Gasteiger charge is 2.00. The van der Waals surface area contributed by atoms with Gasteiger partial charge in [-0.1, -0.05) is 0 Å². The van der Waals surface area contributed by atoms with Crippen molar-refractivity contribution >= 4 is 5.78 Å². The van der Waals surface area contributed by atoms with Gasteiger partial charge >= 0.3 is 0 Å². The minimum atomic E-state index is 0.0672. The summed E-state index contributed by atoms with van der Waals surface area (Å²) in [6.45, 7) is 1.52. The zero-order valence-corrected chi connectivity index (χ0v) is 7.07. The molecule has 0 aromatic carbocycles. The highest BCUT2D eigenvalue weighted by Crippen LogP contribution is 2.04. The molecule has 0 saturated carbocycles. The van der Waals surface area contributed by atoms with Gasteiger partial charge in [0.1, 0.15) is 5.78 Å². The van der Waals surface area contributed by atoms with Gasteiger partial charge in [0.25, 0.3) is 0 Å². The number of hydrogen-bond donors (Lipinski definition) is 0. The number of carbonyl (C=O) groups is 1. The third kappa shape index (κ3) is 2.30. The Labute approximate surface area is 70.6 Å². The van der Waals surface area contributed by atoms with Gasteiger partial charge in [-0.25, -0.2) is 4.98 Å². The topological polar surface area (TPSA) is 52.1 Å². The number of nitrogens with zero attached hydrogens (tertiary/aromatic N) is 2. The quantitative estimate of drug-likeness (QED) is 0.660. The van der Waals surface area contributed by atoms with E-state index in [-0.39, 0.29) is 5.78 Å². The molecule has 4 heteroatoms. The van der Waals surface area contributed by atoms with E-state index in [1.54, 1.807) is 6.20 Å². The molecule has 0 atom stereocenters. The Morgan fingerprint density at radius 3 is 2.92 bits per heavy atom. The Morgan fingerprint density at radius 2 is 2.33 bits per heavy atom. The molecule has 0 N–H and O–H groups in total. The van der Waals surface area contributed by atoms with Gasteiger partial charge in [0.15, 0.2) is 0 Å². The molecule has 64 valence electrons. The number of ether oxygens (including phenoxy) is 1. The summed E-state index contributed by atoms with van der Waals surface area (Å²) >= 11 is 0. The van der Waals surface area contributed by atoms with E-state index < -0.39 is 0 Å². The van der Waals surface area contributed by atoms with E-state index in [4.69, 9.17) is 4.74 Å². The molecule has 0 aliphatic carbocycles. The number of methoxy groups -OCH3 is 1. The number of ketones is 1. The first-order chi connectivity index (χ1) is 5.72.